The Morgan fingerprint density at radius 3 is 2.47 bits per heavy atom. The molecule has 19 heavy (non-hydrogen) atoms. The summed E-state index contributed by atoms with van der Waals surface area (Å²) in [4.78, 5) is 24.4. The summed E-state index contributed by atoms with van der Waals surface area (Å²) in [5, 5.41) is 11.4. The molecule has 108 valence electrons. The first-order valence-corrected chi connectivity index (χ1v) is 8.00. The van der Waals surface area contributed by atoms with Crippen LogP contribution in [0.2, 0.25) is 0 Å². The number of nitrogens with zero attached hydrogens (tertiary/aromatic N) is 1. The third-order valence-electron chi connectivity index (χ3n) is 4.24. The number of piperidine rings is 1. The fourth-order valence-electron chi connectivity index (χ4n) is 3.23. The molecule has 0 spiro atoms. The third-order valence-corrected chi connectivity index (χ3v) is 5.16. The Hall–Kier alpha value is -0.750. The fraction of sp³-hybridized carbons (Fsp3) is 0.846. The lowest BCUT2D eigenvalue weighted by atomic mass is 9.91. The Morgan fingerprint density at radius 2 is 1.89 bits per heavy atom. The normalized spacial score (nSPS) is 30.3. The zero-order chi connectivity index (χ0) is 13.8. The van der Waals surface area contributed by atoms with Gasteiger partial charge in [-0.2, -0.15) is 0 Å². The van der Waals surface area contributed by atoms with Crippen molar-refractivity contribution in [2.45, 2.75) is 37.8 Å². The number of rotatable bonds is 6. The van der Waals surface area contributed by atoms with Gasteiger partial charge in [-0.05, 0) is 38.6 Å². The maximum atomic E-state index is 11.6. The first kappa shape index (κ1) is 14.7. The summed E-state index contributed by atoms with van der Waals surface area (Å²) in [7, 11) is 2.21. The van der Waals surface area contributed by atoms with Crippen LogP contribution < -0.4 is 5.32 Å². The van der Waals surface area contributed by atoms with Crippen LogP contribution in [-0.2, 0) is 9.59 Å². The Balaban J connectivity index is 1.63. The number of aliphatic carboxylic acids is 1. The Kier molecular flexibility index (Phi) is 5.10. The lowest BCUT2D eigenvalue weighted by Gasteiger charge is -2.36. The lowest BCUT2D eigenvalue weighted by molar-refractivity contribution is -0.133. The van der Waals surface area contributed by atoms with Gasteiger partial charge in [0.2, 0.25) is 5.91 Å². The molecule has 2 aliphatic heterocycles. The second-order valence-corrected chi connectivity index (χ2v) is 6.56. The van der Waals surface area contributed by atoms with Crippen LogP contribution in [0, 0.1) is 5.92 Å². The molecular formula is C13H22N2O3S. The molecule has 2 N–H and O–H groups in total. The molecule has 5 nitrogen and oxygen atoms in total. The number of thioether (sulfide) groups is 1. The predicted octanol–water partition coefficient (Wildman–Crippen LogP) is 0.793. The molecule has 2 bridgehead atoms. The summed E-state index contributed by atoms with van der Waals surface area (Å²) in [6, 6.07) is 1.39. The van der Waals surface area contributed by atoms with Crippen LogP contribution in [0.1, 0.15) is 25.7 Å². The van der Waals surface area contributed by atoms with Crippen molar-refractivity contribution < 1.29 is 14.7 Å². The number of carboxylic acid groups (broad SMARTS) is 1. The SMILES string of the molecule is CN1C2CCC1CC(CNC(=O)CSCC(=O)O)C2. The molecule has 1 amide bonds. The van der Waals surface area contributed by atoms with Crippen molar-refractivity contribution in [1.82, 2.24) is 10.2 Å². The van der Waals surface area contributed by atoms with E-state index in [4.69, 9.17) is 5.11 Å². The molecule has 2 saturated heterocycles. The molecule has 0 aliphatic carbocycles. The summed E-state index contributed by atoms with van der Waals surface area (Å²) in [6.45, 7) is 0.743. The molecule has 0 radical (unpaired) electrons. The van der Waals surface area contributed by atoms with Gasteiger partial charge in [-0.3, -0.25) is 9.59 Å². The van der Waals surface area contributed by atoms with E-state index in [0.717, 1.165) is 18.3 Å². The molecule has 2 unspecified atom stereocenters. The molecule has 0 aromatic carbocycles. The first-order valence-electron chi connectivity index (χ1n) is 6.84. The number of amides is 1. The fourth-order valence-corrected chi connectivity index (χ4v) is 3.80. The van der Waals surface area contributed by atoms with E-state index >= 15 is 0 Å². The summed E-state index contributed by atoms with van der Waals surface area (Å²) in [5.74, 6) is -0.0956. The maximum Gasteiger partial charge on any atom is 0.313 e. The first-order chi connectivity index (χ1) is 9.06. The van der Waals surface area contributed by atoms with Gasteiger partial charge in [0.25, 0.3) is 0 Å². The Labute approximate surface area is 118 Å². The summed E-state index contributed by atoms with van der Waals surface area (Å²) in [6.07, 6.45) is 4.94. The van der Waals surface area contributed by atoms with Crippen LogP contribution in [0.4, 0.5) is 0 Å². The van der Waals surface area contributed by atoms with Crippen LogP contribution in [0.5, 0.6) is 0 Å². The number of fused-ring (bicyclic) bond motifs is 2. The quantitative estimate of drug-likeness (QED) is 0.755. The molecule has 2 rings (SSSR count). The van der Waals surface area contributed by atoms with E-state index in [1.54, 1.807) is 0 Å². The van der Waals surface area contributed by atoms with E-state index in [2.05, 4.69) is 17.3 Å². The van der Waals surface area contributed by atoms with Crippen LogP contribution in [0.15, 0.2) is 0 Å². The standard InChI is InChI=1S/C13H22N2O3S/c1-15-10-2-3-11(15)5-9(4-10)6-14-12(16)7-19-8-13(17)18/h9-11H,2-8H2,1H3,(H,14,16)(H,17,18). The van der Waals surface area contributed by atoms with Crippen molar-refractivity contribution in [3.05, 3.63) is 0 Å². The van der Waals surface area contributed by atoms with E-state index in [-0.39, 0.29) is 17.4 Å². The summed E-state index contributed by atoms with van der Waals surface area (Å²) in [5.41, 5.74) is 0. The number of hydrogen-bond acceptors (Lipinski definition) is 4. The zero-order valence-corrected chi connectivity index (χ0v) is 12.1. The Bertz CT molecular complexity index is 337. The molecule has 2 heterocycles. The number of carbonyl (C=O) groups excluding carboxylic acids is 1. The topological polar surface area (TPSA) is 69.6 Å². The molecule has 6 heteroatoms. The van der Waals surface area contributed by atoms with Gasteiger partial charge >= 0.3 is 5.97 Å². The zero-order valence-electron chi connectivity index (χ0n) is 11.3. The molecule has 2 atom stereocenters. The van der Waals surface area contributed by atoms with Crippen molar-refractivity contribution >= 4 is 23.6 Å². The van der Waals surface area contributed by atoms with Crippen molar-refractivity contribution in [1.29, 1.82) is 0 Å². The summed E-state index contributed by atoms with van der Waals surface area (Å²) < 4.78 is 0. The highest BCUT2D eigenvalue weighted by Crippen LogP contribution is 2.36. The number of hydrogen-bond donors (Lipinski definition) is 2. The molecule has 0 saturated carbocycles. The van der Waals surface area contributed by atoms with Gasteiger partial charge in [-0.15, -0.1) is 11.8 Å². The second-order valence-electron chi connectivity index (χ2n) is 5.58. The van der Waals surface area contributed by atoms with Gasteiger partial charge in [0.05, 0.1) is 11.5 Å². The molecule has 2 aliphatic rings. The van der Waals surface area contributed by atoms with E-state index < -0.39 is 5.97 Å². The van der Waals surface area contributed by atoms with Gasteiger partial charge in [0, 0.05) is 18.6 Å². The molecule has 0 aromatic rings. The highest BCUT2D eigenvalue weighted by atomic mass is 32.2. The van der Waals surface area contributed by atoms with E-state index in [9.17, 15) is 9.59 Å². The number of nitrogens with one attached hydrogen (secondary N) is 1. The number of carbonyl (C=O) groups is 2. The van der Waals surface area contributed by atoms with Gasteiger partial charge < -0.3 is 15.3 Å². The van der Waals surface area contributed by atoms with Crippen LogP contribution in [-0.4, -0.2) is 59.1 Å². The average molecular weight is 286 g/mol. The van der Waals surface area contributed by atoms with Crippen molar-refractivity contribution in [3.8, 4) is 0 Å². The second kappa shape index (κ2) is 6.61. The minimum absolute atomic E-state index is 0.00814. The van der Waals surface area contributed by atoms with E-state index in [1.807, 2.05) is 0 Å². The van der Waals surface area contributed by atoms with Gasteiger partial charge in [0.1, 0.15) is 0 Å². The van der Waals surface area contributed by atoms with Crippen LogP contribution in [0.25, 0.3) is 0 Å². The molecule has 2 fully saturated rings. The highest BCUT2D eigenvalue weighted by molar-refractivity contribution is 8.00. The summed E-state index contributed by atoms with van der Waals surface area (Å²) >= 11 is 1.15. The lowest BCUT2D eigenvalue weighted by Crippen LogP contribution is -2.43. The largest absolute Gasteiger partial charge is 0.481 e. The minimum atomic E-state index is -0.871. The van der Waals surface area contributed by atoms with Crippen LogP contribution >= 0.6 is 11.8 Å². The Morgan fingerprint density at radius 1 is 1.26 bits per heavy atom. The molecule has 0 aromatic heterocycles. The smallest absolute Gasteiger partial charge is 0.313 e. The van der Waals surface area contributed by atoms with E-state index in [1.165, 1.54) is 25.7 Å². The maximum absolute atomic E-state index is 11.6. The van der Waals surface area contributed by atoms with Crippen LogP contribution in [0.3, 0.4) is 0 Å². The van der Waals surface area contributed by atoms with Crippen molar-refractivity contribution in [2.75, 3.05) is 25.1 Å². The minimum Gasteiger partial charge on any atom is -0.481 e. The monoisotopic (exact) mass is 286 g/mol. The van der Waals surface area contributed by atoms with Crippen molar-refractivity contribution in [2.24, 2.45) is 5.92 Å². The van der Waals surface area contributed by atoms with E-state index in [0.29, 0.717) is 18.0 Å². The predicted molar refractivity (Wildman–Crippen MR) is 75.3 cm³/mol. The highest BCUT2D eigenvalue weighted by Gasteiger charge is 2.38. The number of carboxylic acids is 1. The molecular weight excluding hydrogens is 264 g/mol. The average Bonchev–Trinajstić information content (AvgIpc) is 2.60. The van der Waals surface area contributed by atoms with Gasteiger partial charge in [-0.1, -0.05) is 0 Å². The van der Waals surface area contributed by atoms with Gasteiger partial charge in [-0.25, -0.2) is 0 Å². The van der Waals surface area contributed by atoms with Crippen molar-refractivity contribution in [3.63, 3.8) is 0 Å². The third kappa shape index (κ3) is 4.11. The van der Waals surface area contributed by atoms with Gasteiger partial charge in [0.15, 0.2) is 0 Å².